The zero-order chi connectivity index (χ0) is 14.0. The summed E-state index contributed by atoms with van der Waals surface area (Å²) in [4.78, 5) is 5.83. The Bertz CT molecular complexity index is 565. The maximum absolute atomic E-state index is 4.50. The summed E-state index contributed by atoms with van der Waals surface area (Å²) in [5.41, 5.74) is 2.43. The normalized spacial score (nSPS) is 14.4. The Balaban J connectivity index is 2.10. The smallest absolute Gasteiger partial charge is 0.0900 e. The molecule has 1 heterocycles. The van der Waals surface area contributed by atoms with E-state index in [1.807, 2.05) is 0 Å². The minimum absolute atomic E-state index is 0.314. The van der Waals surface area contributed by atoms with E-state index in [0.29, 0.717) is 12.1 Å². The molecular formula is C15H19BrN2S. The molecule has 0 amide bonds. The molecule has 2 nitrogen and oxygen atoms in total. The van der Waals surface area contributed by atoms with Crippen molar-refractivity contribution in [3.05, 3.63) is 49.9 Å². The molecule has 2 atom stereocenters. The summed E-state index contributed by atoms with van der Waals surface area (Å²) < 4.78 is 1.12. The number of benzene rings is 1. The molecule has 2 unspecified atom stereocenters. The van der Waals surface area contributed by atoms with Crippen LogP contribution >= 0.6 is 27.3 Å². The number of nitrogens with zero attached hydrogens (tertiary/aromatic N) is 1. The molecule has 19 heavy (non-hydrogen) atoms. The van der Waals surface area contributed by atoms with E-state index >= 15 is 0 Å². The number of hydrogen-bond acceptors (Lipinski definition) is 3. The lowest BCUT2D eigenvalue weighted by Gasteiger charge is -2.20. The highest BCUT2D eigenvalue weighted by Gasteiger charge is 2.15. The summed E-state index contributed by atoms with van der Waals surface area (Å²) >= 11 is 5.30. The highest BCUT2D eigenvalue weighted by atomic mass is 79.9. The van der Waals surface area contributed by atoms with E-state index in [1.54, 1.807) is 11.3 Å². The maximum atomic E-state index is 4.50. The van der Waals surface area contributed by atoms with Gasteiger partial charge >= 0.3 is 0 Å². The molecule has 0 aliphatic rings. The monoisotopic (exact) mass is 338 g/mol. The first-order chi connectivity index (χ1) is 8.97. The molecule has 0 spiro atoms. The molecule has 102 valence electrons. The van der Waals surface area contributed by atoms with Crippen LogP contribution in [0.1, 0.15) is 47.1 Å². The van der Waals surface area contributed by atoms with Crippen LogP contribution < -0.4 is 5.32 Å². The third-order valence-corrected chi connectivity index (χ3v) is 4.93. The van der Waals surface area contributed by atoms with Crippen LogP contribution in [0.3, 0.4) is 0 Å². The zero-order valence-electron chi connectivity index (χ0n) is 11.7. The van der Waals surface area contributed by atoms with Gasteiger partial charge in [0.1, 0.15) is 0 Å². The van der Waals surface area contributed by atoms with Gasteiger partial charge in [0.2, 0.25) is 0 Å². The van der Waals surface area contributed by atoms with Crippen LogP contribution in [0, 0.1) is 13.8 Å². The summed E-state index contributed by atoms with van der Waals surface area (Å²) in [5, 5.41) is 4.78. The molecule has 0 bridgehead atoms. The zero-order valence-corrected chi connectivity index (χ0v) is 14.1. The molecule has 2 aromatic rings. The fourth-order valence-corrected chi connectivity index (χ4v) is 3.63. The number of thiazole rings is 1. The summed E-state index contributed by atoms with van der Waals surface area (Å²) in [6.07, 6.45) is 0. The number of hydrogen-bond donors (Lipinski definition) is 1. The van der Waals surface area contributed by atoms with Gasteiger partial charge in [0.15, 0.2) is 0 Å². The minimum Gasteiger partial charge on any atom is -0.303 e. The van der Waals surface area contributed by atoms with Crippen LogP contribution in [0.15, 0.2) is 28.7 Å². The SMILES string of the molecule is Cc1nc(C)c(C(C)NC(C)c2cccc(Br)c2)s1. The summed E-state index contributed by atoms with van der Waals surface area (Å²) in [7, 11) is 0. The number of nitrogens with one attached hydrogen (secondary N) is 1. The first-order valence-electron chi connectivity index (χ1n) is 6.43. The lowest BCUT2D eigenvalue weighted by molar-refractivity contribution is 0.498. The number of rotatable bonds is 4. The van der Waals surface area contributed by atoms with Gasteiger partial charge in [0.25, 0.3) is 0 Å². The van der Waals surface area contributed by atoms with E-state index in [4.69, 9.17) is 0 Å². The van der Waals surface area contributed by atoms with Crippen molar-refractivity contribution in [1.82, 2.24) is 10.3 Å². The van der Waals surface area contributed by atoms with Crippen molar-refractivity contribution in [3.63, 3.8) is 0 Å². The van der Waals surface area contributed by atoms with Crippen molar-refractivity contribution < 1.29 is 0 Å². The Morgan fingerprint density at radius 2 is 1.95 bits per heavy atom. The van der Waals surface area contributed by atoms with Crippen molar-refractivity contribution in [3.8, 4) is 0 Å². The molecule has 0 aliphatic heterocycles. The van der Waals surface area contributed by atoms with E-state index < -0.39 is 0 Å². The minimum atomic E-state index is 0.314. The largest absolute Gasteiger partial charge is 0.303 e. The van der Waals surface area contributed by atoms with E-state index in [9.17, 15) is 0 Å². The van der Waals surface area contributed by atoms with Crippen LogP contribution in [0.25, 0.3) is 0 Å². The third kappa shape index (κ3) is 3.65. The van der Waals surface area contributed by atoms with Crippen LogP contribution in [-0.4, -0.2) is 4.98 Å². The van der Waals surface area contributed by atoms with Crippen LogP contribution in [0.5, 0.6) is 0 Å². The first kappa shape index (κ1) is 14.7. The van der Waals surface area contributed by atoms with Crippen LogP contribution in [0.4, 0.5) is 0 Å². The maximum Gasteiger partial charge on any atom is 0.0900 e. The highest BCUT2D eigenvalue weighted by Crippen LogP contribution is 2.27. The second kappa shape index (κ2) is 6.16. The van der Waals surface area contributed by atoms with Crippen molar-refractivity contribution in [2.45, 2.75) is 39.8 Å². The van der Waals surface area contributed by atoms with Gasteiger partial charge in [-0.05, 0) is 45.4 Å². The topological polar surface area (TPSA) is 24.9 Å². The van der Waals surface area contributed by atoms with Gasteiger partial charge in [-0.1, -0.05) is 28.1 Å². The van der Waals surface area contributed by atoms with E-state index in [0.717, 1.165) is 15.2 Å². The molecule has 1 aromatic heterocycles. The van der Waals surface area contributed by atoms with Gasteiger partial charge in [0, 0.05) is 21.4 Å². The molecule has 0 saturated heterocycles. The quantitative estimate of drug-likeness (QED) is 0.854. The molecule has 2 rings (SSSR count). The predicted octanol–water partition coefficient (Wildman–Crippen LogP) is 4.93. The Hall–Kier alpha value is -0.710. The average Bonchev–Trinajstić information content (AvgIpc) is 2.68. The second-order valence-corrected chi connectivity index (χ2v) is 7.00. The molecule has 1 aromatic carbocycles. The molecule has 0 aliphatic carbocycles. The molecule has 4 heteroatoms. The Morgan fingerprint density at radius 3 is 2.53 bits per heavy atom. The summed E-state index contributed by atoms with van der Waals surface area (Å²) in [5.74, 6) is 0. The van der Waals surface area contributed by atoms with E-state index in [1.165, 1.54) is 10.4 Å². The summed E-state index contributed by atoms with van der Waals surface area (Å²) in [6.45, 7) is 8.54. The van der Waals surface area contributed by atoms with Crippen LogP contribution in [-0.2, 0) is 0 Å². The van der Waals surface area contributed by atoms with Gasteiger partial charge in [-0.3, -0.25) is 0 Å². The number of aryl methyl sites for hydroxylation is 2. The molecular weight excluding hydrogens is 320 g/mol. The Kier molecular flexibility index (Phi) is 4.76. The molecule has 0 radical (unpaired) electrons. The van der Waals surface area contributed by atoms with Gasteiger partial charge in [-0.2, -0.15) is 0 Å². The number of halogens is 1. The standard InChI is InChI=1S/C15H19BrN2S/c1-9(13-6-5-7-14(16)8-13)17-10(2)15-11(3)18-12(4)19-15/h5-10,17H,1-4H3. The van der Waals surface area contributed by atoms with Gasteiger partial charge in [-0.25, -0.2) is 4.98 Å². The predicted molar refractivity (Wildman–Crippen MR) is 85.7 cm³/mol. The van der Waals surface area contributed by atoms with Gasteiger partial charge in [0.05, 0.1) is 10.7 Å². The van der Waals surface area contributed by atoms with Crippen molar-refractivity contribution >= 4 is 27.3 Å². The molecule has 0 fully saturated rings. The Labute approximate surface area is 127 Å². The lowest BCUT2D eigenvalue weighted by atomic mass is 10.1. The second-order valence-electron chi connectivity index (χ2n) is 4.85. The number of aromatic nitrogens is 1. The van der Waals surface area contributed by atoms with Crippen molar-refractivity contribution in [1.29, 1.82) is 0 Å². The molecule has 1 N–H and O–H groups in total. The van der Waals surface area contributed by atoms with E-state index in [-0.39, 0.29) is 0 Å². The first-order valence-corrected chi connectivity index (χ1v) is 8.03. The third-order valence-electron chi connectivity index (χ3n) is 3.18. The highest BCUT2D eigenvalue weighted by molar-refractivity contribution is 9.10. The van der Waals surface area contributed by atoms with Crippen molar-refractivity contribution in [2.75, 3.05) is 0 Å². The van der Waals surface area contributed by atoms with Gasteiger partial charge in [-0.15, -0.1) is 11.3 Å². The fourth-order valence-electron chi connectivity index (χ4n) is 2.27. The molecule has 0 saturated carbocycles. The Morgan fingerprint density at radius 1 is 1.21 bits per heavy atom. The van der Waals surface area contributed by atoms with Gasteiger partial charge < -0.3 is 5.32 Å². The van der Waals surface area contributed by atoms with Crippen LogP contribution in [0.2, 0.25) is 0 Å². The average molecular weight is 339 g/mol. The summed E-state index contributed by atoms with van der Waals surface area (Å²) in [6, 6.07) is 9.07. The van der Waals surface area contributed by atoms with E-state index in [2.05, 4.69) is 78.2 Å². The fraction of sp³-hybridized carbons (Fsp3) is 0.400. The lowest BCUT2D eigenvalue weighted by Crippen LogP contribution is -2.22. The van der Waals surface area contributed by atoms with Crippen molar-refractivity contribution in [2.24, 2.45) is 0 Å².